The number of nitrogens with zero attached hydrogens (tertiary/aromatic N) is 3. The van der Waals surface area contributed by atoms with Crippen molar-refractivity contribution in [3.63, 3.8) is 0 Å². The molecule has 8 heteroatoms. The van der Waals surface area contributed by atoms with Crippen molar-refractivity contribution in [2.75, 3.05) is 11.9 Å². The maximum atomic E-state index is 12.0. The second-order valence-electron chi connectivity index (χ2n) is 5.82. The second-order valence-corrected chi connectivity index (χ2v) is 7.14. The van der Waals surface area contributed by atoms with Crippen molar-refractivity contribution in [3.8, 4) is 5.69 Å². The van der Waals surface area contributed by atoms with E-state index in [1.54, 1.807) is 17.1 Å². The van der Waals surface area contributed by atoms with Gasteiger partial charge in [-0.3, -0.25) is 4.79 Å². The standard InChI is InChI=1S/C19H16ClN5OS/c1-2-21-19(26)17-8-13(11-27-17)25-16-10-22-18(7-12(16)9-23-25)24-15-6-4-3-5-14(15)20/h3-11H,2H2,1H3,(H,21,26)(H,22,24). The molecule has 0 aliphatic rings. The molecule has 0 fully saturated rings. The lowest BCUT2D eigenvalue weighted by atomic mass is 10.3. The first-order valence-electron chi connectivity index (χ1n) is 8.38. The topological polar surface area (TPSA) is 71.8 Å². The van der Waals surface area contributed by atoms with E-state index in [1.165, 1.54) is 11.3 Å². The summed E-state index contributed by atoms with van der Waals surface area (Å²) in [7, 11) is 0. The van der Waals surface area contributed by atoms with Crippen LogP contribution in [0.3, 0.4) is 0 Å². The minimum absolute atomic E-state index is 0.0745. The molecule has 6 nitrogen and oxygen atoms in total. The summed E-state index contributed by atoms with van der Waals surface area (Å²) in [6.07, 6.45) is 3.53. The van der Waals surface area contributed by atoms with Gasteiger partial charge in [0.25, 0.3) is 5.91 Å². The number of para-hydroxylation sites is 1. The van der Waals surface area contributed by atoms with Crippen molar-refractivity contribution in [1.82, 2.24) is 20.1 Å². The van der Waals surface area contributed by atoms with E-state index in [0.29, 0.717) is 22.3 Å². The number of aromatic nitrogens is 3. The Labute approximate surface area is 164 Å². The van der Waals surface area contributed by atoms with Crippen molar-refractivity contribution in [2.24, 2.45) is 0 Å². The van der Waals surface area contributed by atoms with E-state index in [4.69, 9.17) is 11.6 Å². The van der Waals surface area contributed by atoms with Gasteiger partial charge in [0.1, 0.15) is 5.82 Å². The van der Waals surface area contributed by atoms with E-state index in [1.807, 2.05) is 48.7 Å². The summed E-state index contributed by atoms with van der Waals surface area (Å²) < 4.78 is 1.78. The minimum Gasteiger partial charge on any atom is -0.352 e. The number of fused-ring (bicyclic) bond motifs is 1. The molecule has 4 aromatic rings. The average molecular weight is 398 g/mol. The van der Waals surface area contributed by atoms with Crippen LogP contribution in [0.25, 0.3) is 16.6 Å². The number of benzene rings is 1. The number of anilines is 2. The zero-order valence-electron chi connectivity index (χ0n) is 14.4. The summed E-state index contributed by atoms with van der Waals surface area (Å²) in [4.78, 5) is 17.1. The van der Waals surface area contributed by atoms with Crippen LogP contribution in [-0.4, -0.2) is 27.2 Å². The monoisotopic (exact) mass is 397 g/mol. The number of carbonyl (C=O) groups excluding carboxylic acids is 1. The Bertz CT molecular complexity index is 1120. The van der Waals surface area contributed by atoms with Crippen LogP contribution < -0.4 is 10.6 Å². The van der Waals surface area contributed by atoms with Crippen molar-refractivity contribution in [3.05, 3.63) is 64.1 Å². The van der Waals surface area contributed by atoms with E-state index in [0.717, 1.165) is 22.3 Å². The molecule has 0 unspecified atom stereocenters. The van der Waals surface area contributed by atoms with Crippen molar-refractivity contribution in [1.29, 1.82) is 0 Å². The van der Waals surface area contributed by atoms with Crippen LogP contribution in [-0.2, 0) is 0 Å². The molecule has 2 N–H and O–H groups in total. The summed E-state index contributed by atoms with van der Waals surface area (Å²) in [5, 5.41) is 13.9. The predicted octanol–water partition coefficient (Wildman–Crippen LogP) is 4.63. The molecule has 3 aromatic heterocycles. The Balaban J connectivity index is 1.63. The van der Waals surface area contributed by atoms with Crippen LogP contribution in [0.2, 0.25) is 5.02 Å². The third-order valence-corrected chi connectivity index (χ3v) is 5.23. The lowest BCUT2D eigenvalue weighted by Gasteiger charge is -2.07. The molecule has 0 spiro atoms. The molecule has 0 aliphatic heterocycles. The van der Waals surface area contributed by atoms with Crippen molar-refractivity contribution in [2.45, 2.75) is 6.92 Å². The maximum absolute atomic E-state index is 12.0. The lowest BCUT2D eigenvalue weighted by Crippen LogP contribution is -2.21. The SMILES string of the molecule is CCNC(=O)c1cc(-n2ncc3cc(Nc4ccccc4Cl)ncc32)cs1. The van der Waals surface area contributed by atoms with Gasteiger partial charge in [-0.15, -0.1) is 11.3 Å². The van der Waals surface area contributed by atoms with Crippen molar-refractivity contribution >= 4 is 51.3 Å². The van der Waals surface area contributed by atoms with Gasteiger partial charge in [-0.05, 0) is 31.2 Å². The van der Waals surface area contributed by atoms with Gasteiger partial charge in [0.15, 0.2) is 0 Å². The largest absolute Gasteiger partial charge is 0.352 e. The Morgan fingerprint density at radius 2 is 2.11 bits per heavy atom. The zero-order valence-corrected chi connectivity index (χ0v) is 16.0. The number of halogens is 1. The minimum atomic E-state index is -0.0745. The van der Waals surface area contributed by atoms with E-state index in [2.05, 4.69) is 20.7 Å². The molecule has 0 saturated carbocycles. The highest BCUT2D eigenvalue weighted by Gasteiger charge is 2.12. The summed E-state index contributed by atoms with van der Waals surface area (Å²) >= 11 is 7.58. The fraction of sp³-hybridized carbons (Fsp3) is 0.105. The maximum Gasteiger partial charge on any atom is 0.261 e. The molecule has 0 radical (unpaired) electrons. The number of rotatable bonds is 5. The molecule has 27 heavy (non-hydrogen) atoms. The molecule has 4 rings (SSSR count). The van der Waals surface area contributed by atoms with E-state index < -0.39 is 0 Å². The number of thiophene rings is 1. The Hall–Kier alpha value is -2.90. The fourth-order valence-electron chi connectivity index (χ4n) is 2.70. The van der Waals surface area contributed by atoms with Gasteiger partial charge in [-0.25, -0.2) is 9.67 Å². The van der Waals surface area contributed by atoms with Crippen LogP contribution in [0.15, 0.2) is 54.2 Å². The zero-order chi connectivity index (χ0) is 18.8. The Morgan fingerprint density at radius 1 is 1.26 bits per heavy atom. The van der Waals surface area contributed by atoms with Crippen LogP contribution in [0.1, 0.15) is 16.6 Å². The van der Waals surface area contributed by atoms with Crippen LogP contribution >= 0.6 is 22.9 Å². The number of amides is 1. The fourth-order valence-corrected chi connectivity index (χ4v) is 3.67. The van der Waals surface area contributed by atoms with Crippen molar-refractivity contribution < 1.29 is 4.79 Å². The summed E-state index contributed by atoms with van der Waals surface area (Å²) in [6, 6.07) is 11.3. The van der Waals surface area contributed by atoms with Gasteiger partial charge in [0.05, 0.1) is 39.2 Å². The number of nitrogens with one attached hydrogen (secondary N) is 2. The molecular formula is C19H16ClN5OS. The second kappa shape index (κ2) is 7.38. The Morgan fingerprint density at radius 3 is 2.93 bits per heavy atom. The molecule has 136 valence electrons. The van der Waals surface area contributed by atoms with Crippen LogP contribution in [0, 0.1) is 0 Å². The molecule has 0 aliphatic carbocycles. The molecule has 1 amide bonds. The highest BCUT2D eigenvalue weighted by atomic mass is 35.5. The first-order chi connectivity index (χ1) is 13.2. The third-order valence-electron chi connectivity index (χ3n) is 3.98. The summed E-state index contributed by atoms with van der Waals surface area (Å²) in [5.74, 6) is 0.609. The molecule has 0 saturated heterocycles. The van der Waals surface area contributed by atoms with Crippen LogP contribution in [0.5, 0.6) is 0 Å². The van der Waals surface area contributed by atoms with E-state index in [-0.39, 0.29) is 5.91 Å². The van der Waals surface area contributed by atoms with Gasteiger partial charge in [0, 0.05) is 17.3 Å². The van der Waals surface area contributed by atoms with Gasteiger partial charge >= 0.3 is 0 Å². The quantitative estimate of drug-likeness (QED) is 0.515. The predicted molar refractivity (Wildman–Crippen MR) is 109 cm³/mol. The molecule has 0 atom stereocenters. The summed E-state index contributed by atoms with van der Waals surface area (Å²) in [6.45, 7) is 2.50. The third kappa shape index (κ3) is 3.51. The molecule has 1 aromatic carbocycles. The van der Waals surface area contributed by atoms with Crippen LogP contribution in [0.4, 0.5) is 11.5 Å². The van der Waals surface area contributed by atoms with Gasteiger partial charge in [0.2, 0.25) is 0 Å². The summed E-state index contributed by atoms with van der Waals surface area (Å²) in [5.41, 5.74) is 2.49. The molecule has 3 heterocycles. The number of hydrogen-bond donors (Lipinski definition) is 2. The Kier molecular flexibility index (Phi) is 4.79. The van der Waals surface area contributed by atoms with Gasteiger partial charge < -0.3 is 10.6 Å². The number of pyridine rings is 1. The molecular weight excluding hydrogens is 382 g/mol. The smallest absolute Gasteiger partial charge is 0.261 e. The molecule has 0 bridgehead atoms. The number of hydrogen-bond acceptors (Lipinski definition) is 5. The normalized spacial score (nSPS) is 10.9. The van der Waals surface area contributed by atoms with Gasteiger partial charge in [-0.1, -0.05) is 23.7 Å². The first-order valence-corrected chi connectivity index (χ1v) is 9.64. The van der Waals surface area contributed by atoms with E-state index >= 15 is 0 Å². The van der Waals surface area contributed by atoms with Gasteiger partial charge in [-0.2, -0.15) is 5.10 Å². The number of carbonyl (C=O) groups is 1. The highest BCUT2D eigenvalue weighted by Crippen LogP contribution is 2.27. The first kappa shape index (κ1) is 17.5. The lowest BCUT2D eigenvalue weighted by molar-refractivity contribution is 0.0960. The average Bonchev–Trinajstić information content (AvgIpc) is 3.30. The van der Waals surface area contributed by atoms with E-state index in [9.17, 15) is 4.79 Å². The highest BCUT2D eigenvalue weighted by molar-refractivity contribution is 7.12.